The summed E-state index contributed by atoms with van der Waals surface area (Å²) in [7, 11) is 0. The van der Waals surface area contributed by atoms with Crippen LogP contribution in [0, 0.1) is 5.41 Å². The Bertz CT molecular complexity index is 266. The van der Waals surface area contributed by atoms with Gasteiger partial charge in [-0.1, -0.05) is 20.8 Å². The molecule has 0 radical (unpaired) electrons. The Morgan fingerprint density at radius 1 is 1.29 bits per heavy atom. The largest absolute Gasteiger partial charge is 0.440 e. The van der Waals surface area contributed by atoms with Crippen LogP contribution in [0.3, 0.4) is 0 Å². The Morgan fingerprint density at radius 2 is 1.94 bits per heavy atom. The second-order valence-corrected chi connectivity index (χ2v) is 5.68. The first kappa shape index (κ1) is 14.3. The highest BCUT2D eigenvalue weighted by Crippen LogP contribution is 2.40. The maximum Gasteiger partial charge on any atom is 0.405 e. The SMILES string of the molecule is CC(C)(C)C(C)(OC(N)=O)C1CCCCOO1. The second-order valence-electron chi connectivity index (χ2n) is 5.68. The molecule has 1 amide bonds. The van der Waals surface area contributed by atoms with E-state index < -0.39 is 11.7 Å². The number of carbonyl (C=O) groups is 1. The molecule has 0 aromatic heterocycles. The first-order chi connectivity index (χ1) is 7.77. The topological polar surface area (TPSA) is 70.8 Å². The summed E-state index contributed by atoms with van der Waals surface area (Å²) >= 11 is 0. The van der Waals surface area contributed by atoms with Gasteiger partial charge in [-0.05, 0) is 26.2 Å². The van der Waals surface area contributed by atoms with Gasteiger partial charge >= 0.3 is 6.09 Å². The van der Waals surface area contributed by atoms with E-state index >= 15 is 0 Å². The standard InChI is InChI=1S/C12H23NO4/c1-11(2,3)12(4,16-10(13)14)9-7-5-6-8-15-17-9/h9H,5-8H2,1-4H3,(H2,13,14). The molecule has 0 aromatic rings. The van der Waals surface area contributed by atoms with E-state index in [1.807, 2.05) is 27.7 Å². The van der Waals surface area contributed by atoms with Crippen LogP contribution in [0.25, 0.3) is 0 Å². The lowest BCUT2D eigenvalue weighted by Crippen LogP contribution is -2.54. The molecule has 2 N–H and O–H groups in total. The van der Waals surface area contributed by atoms with Crippen molar-refractivity contribution < 1.29 is 19.3 Å². The summed E-state index contributed by atoms with van der Waals surface area (Å²) in [5, 5.41) is 0. The lowest BCUT2D eigenvalue weighted by molar-refractivity contribution is -0.352. The molecule has 0 aromatic carbocycles. The Balaban J connectivity index is 2.91. The van der Waals surface area contributed by atoms with Crippen molar-refractivity contribution in [3.8, 4) is 0 Å². The minimum absolute atomic E-state index is 0.291. The number of carbonyl (C=O) groups excluding carboxylic acids is 1. The van der Waals surface area contributed by atoms with Crippen molar-refractivity contribution in [3.63, 3.8) is 0 Å². The maximum absolute atomic E-state index is 11.1. The smallest absolute Gasteiger partial charge is 0.405 e. The average molecular weight is 245 g/mol. The lowest BCUT2D eigenvalue weighted by Gasteiger charge is -2.44. The van der Waals surface area contributed by atoms with E-state index in [2.05, 4.69) is 0 Å². The molecule has 1 fully saturated rings. The predicted octanol–water partition coefficient (Wildman–Crippen LogP) is 2.39. The first-order valence-electron chi connectivity index (χ1n) is 6.04. The van der Waals surface area contributed by atoms with Gasteiger partial charge in [0.05, 0.1) is 6.61 Å². The van der Waals surface area contributed by atoms with E-state index in [9.17, 15) is 4.79 Å². The van der Waals surface area contributed by atoms with Crippen molar-refractivity contribution in [2.45, 2.75) is 58.7 Å². The lowest BCUT2D eigenvalue weighted by atomic mass is 9.73. The van der Waals surface area contributed by atoms with Crippen molar-refractivity contribution in [2.75, 3.05) is 6.61 Å². The summed E-state index contributed by atoms with van der Waals surface area (Å²) in [6.45, 7) is 8.39. The number of rotatable bonds is 2. The van der Waals surface area contributed by atoms with Gasteiger partial charge in [0.15, 0.2) is 0 Å². The summed E-state index contributed by atoms with van der Waals surface area (Å²) in [5.41, 5.74) is 4.07. The van der Waals surface area contributed by atoms with Crippen molar-refractivity contribution in [2.24, 2.45) is 11.1 Å². The minimum atomic E-state index is -0.802. The number of hydrogen-bond donors (Lipinski definition) is 1. The molecule has 2 unspecified atom stereocenters. The summed E-state index contributed by atoms with van der Waals surface area (Å²) < 4.78 is 5.33. The van der Waals surface area contributed by atoms with Gasteiger partial charge in [-0.3, -0.25) is 0 Å². The fourth-order valence-corrected chi connectivity index (χ4v) is 1.95. The van der Waals surface area contributed by atoms with Gasteiger partial charge in [0.25, 0.3) is 0 Å². The molecule has 1 aliphatic rings. The van der Waals surface area contributed by atoms with Crippen LogP contribution in [0.5, 0.6) is 0 Å². The quantitative estimate of drug-likeness (QED) is 0.758. The number of amides is 1. The van der Waals surface area contributed by atoms with Crippen molar-refractivity contribution >= 4 is 6.09 Å². The highest BCUT2D eigenvalue weighted by molar-refractivity contribution is 5.65. The summed E-state index contributed by atoms with van der Waals surface area (Å²) in [4.78, 5) is 21.6. The third kappa shape index (κ3) is 3.33. The van der Waals surface area contributed by atoms with Crippen molar-refractivity contribution in [3.05, 3.63) is 0 Å². The van der Waals surface area contributed by atoms with Gasteiger partial charge < -0.3 is 10.5 Å². The maximum atomic E-state index is 11.1. The van der Waals surface area contributed by atoms with Gasteiger partial charge in [-0.25, -0.2) is 14.6 Å². The molecule has 0 aliphatic carbocycles. The molecular formula is C12H23NO4. The number of primary amides is 1. The Hall–Kier alpha value is -0.810. The highest BCUT2D eigenvalue weighted by atomic mass is 17.2. The van der Waals surface area contributed by atoms with Crippen molar-refractivity contribution in [1.29, 1.82) is 0 Å². The molecule has 0 saturated carbocycles. The van der Waals surface area contributed by atoms with E-state index in [0.29, 0.717) is 6.61 Å². The number of nitrogens with two attached hydrogens (primary N) is 1. The van der Waals surface area contributed by atoms with E-state index in [0.717, 1.165) is 19.3 Å². The van der Waals surface area contributed by atoms with Crippen LogP contribution in [0.4, 0.5) is 4.79 Å². The van der Waals surface area contributed by atoms with E-state index in [1.54, 1.807) is 0 Å². The number of hydrogen-bond acceptors (Lipinski definition) is 4. The third-order valence-corrected chi connectivity index (χ3v) is 3.54. The predicted molar refractivity (Wildman–Crippen MR) is 63.2 cm³/mol. The van der Waals surface area contributed by atoms with Gasteiger partial charge in [0.1, 0.15) is 11.7 Å². The van der Waals surface area contributed by atoms with Crippen molar-refractivity contribution in [1.82, 2.24) is 0 Å². The molecule has 17 heavy (non-hydrogen) atoms. The molecule has 1 saturated heterocycles. The molecule has 1 heterocycles. The zero-order valence-electron chi connectivity index (χ0n) is 11.1. The van der Waals surface area contributed by atoms with Crippen LogP contribution >= 0.6 is 0 Å². The molecule has 1 rings (SSSR count). The van der Waals surface area contributed by atoms with Crippen LogP contribution in [-0.2, 0) is 14.5 Å². The second kappa shape index (κ2) is 5.23. The van der Waals surface area contributed by atoms with Crippen LogP contribution in [0.2, 0.25) is 0 Å². The molecule has 0 bridgehead atoms. The molecule has 5 nitrogen and oxygen atoms in total. The zero-order chi connectivity index (χ0) is 13.1. The van der Waals surface area contributed by atoms with E-state index in [4.69, 9.17) is 20.2 Å². The summed E-state index contributed by atoms with van der Waals surface area (Å²) in [6.07, 6.45) is 1.65. The Labute approximate surface area is 103 Å². The van der Waals surface area contributed by atoms with Gasteiger partial charge in [-0.2, -0.15) is 0 Å². The van der Waals surface area contributed by atoms with Gasteiger partial charge in [0, 0.05) is 5.41 Å². The number of ether oxygens (including phenoxy) is 1. The van der Waals surface area contributed by atoms with Gasteiger partial charge in [0.2, 0.25) is 0 Å². The van der Waals surface area contributed by atoms with Crippen LogP contribution in [-0.4, -0.2) is 24.4 Å². The average Bonchev–Trinajstić information content (AvgIpc) is 2.42. The zero-order valence-corrected chi connectivity index (χ0v) is 11.1. The molecule has 2 atom stereocenters. The highest BCUT2D eigenvalue weighted by Gasteiger charge is 2.49. The first-order valence-corrected chi connectivity index (χ1v) is 6.04. The fourth-order valence-electron chi connectivity index (χ4n) is 1.95. The Kier molecular flexibility index (Phi) is 4.38. The van der Waals surface area contributed by atoms with Crippen LogP contribution < -0.4 is 5.73 Å². The summed E-state index contributed by atoms with van der Waals surface area (Å²) in [6, 6.07) is 0. The third-order valence-electron chi connectivity index (χ3n) is 3.54. The van der Waals surface area contributed by atoms with E-state index in [-0.39, 0.29) is 11.5 Å². The van der Waals surface area contributed by atoms with Crippen LogP contribution in [0.1, 0.15) is 47.0 Å². The molecule has 1 aliphatic heterocycles. The fraction of sp³-hybridized carbons (Fsp3) is 0.917. The molecule has 100 valence electrons. The minimum Gasteiger partial charge on any atom is -0.440 e. The normalized spacial score (nSPS) is 25.8. The molecule has 0 spiro atoms. The van der Waals surface area contributed by atoms with Crippen LogP contribution in [0.15, 0.2) is 0 Å². The summed E-state index contributed by atoms with van der Waals surface area (Å²) in [5.74, 6) is 0. The monoisotopic (exact) mass is 245 g/mol. The Morgan fingerprint density at radius 3 is 2.47 bits per heavy atom. The van der Waals surface area contributed by atoms with Gasteiger partial charge in [-0.15, -0.1) is 0 Å². The molecule has 5 heteroatoms. The van der Waals surface area contributed by atoms with E-state index in [1.165, 1.54) is 0 Å². The molecular weight excluding hydrogens is 222 g/mol.